The number of hydrogen-bond donors (Lipinski definition) is 2. The first-order valence-electron chi connectivity index (χ1n) is 7.53. The Bertz CT molecular complexity index is 695. The molecule has 1 aromatic carbocycles. The molecule has 6 heteroatoms. The number of aryl methyl sites for hydroxylation is 1. The van der Waals surface area contributed by atoms with Crippen LogP contribution in [-0.4, -0.2) is 42.3 Å². The lowest BCUT2D eigenvalue weighted by molar-refractivity contribution is 0.102. The van der Waals surface area contributed by atoms with Gasteiger partial charge in [-0.05, 0) is 36.8 Å². The summed E-state index contributed by atoms with van der Waals surface area (Å²) in [7, 11) is 0. The zero-order valence-corrected chi connectivity index (χ0v) is 13.0. The highest BCUT2D eigenvalue weighted by Crippen LogP contribution is 2.24. The van der Waals surface area contributed by atoms with Crippen LogP contribution in [0.4, 0.5) is 11.5 Å². The van der Waals surface area contributed by atoms with Crippen LogP contribution in [0, 0.1) is 6.92 Å². The Morgan fingerprint density at radius 3 is 2.70 bits per heavy atom. The van der Waals surface area contributed by atoms with E-state index in [9.17, 15) is 9.90 Å². The molecule has 1 aliphatic rings. The van der Waals surface area contributed by atoms with Crippen molar-refractivity contribution in [2.75, 3.05) is 36.5 Å². The van der Waals surface area contributed by atoms with Crippen LogP contribution in [0.2, 0.25) is 0 Å². The molecule has 120 valence electrons. The van der Waals surface area contributed by atoms with Gasteiger partial charge in [0.2, 0.25) is 0 Å². The van der Waals surface area contributed by atoms with E-state index in [0.717, 1.165) is 24.5 Å². The molecule has 2 aromatic rings. The number of pyridine rings is 1. The number of phenolic OH excluding ortho intramolecular Hbond substituents is 1. The van der Waals surface area contributed by atoms with E-state index in [1.165, 1.54) is 0 Å². The van der Waals surface area contributed by atoms with E-state index in [1.54, 1.807) is 24.4 Å². The van der Waals surface area contributed by atoms with Gasteiger partial charge in [-0.3, -0.25) is 4.79 Å². The minimum Gasteiger partial charge on any atom is -0.506 e. The van der Waals surface area contributed by atoms with Gasteiger partial charge in [0.25, 0.3) is 5.91 Å². The SMILES string of the molecule is Cc1ccc(NC(=O)c2ccc(N3CCOCC3)nc2)c(O)c1. The third kappa shape index (κ3) is 3.60. The van der Waals surface area contributed by atoms with Gasteiger partial charge >= 0.3 is 0 Å². The maximum absolute atomic E-state index is 12.2. The Morgan fingerprint density at radius 2 is 2.04 bits per heavy atom. The second-order valence-corrected chi connectivity index (χ2v) is 5.48. The Morgan fingerprint density at radius 1 is 1.26 bits per heavy atom. The summed E-state index contributed by atoms with van der Waals surface area (Å²) in [5.41, 5.74) is 1.76. The largest absolute Gasteiger partial charge is 0.506 e. The Kier molecular flexibility index (Phi) is 4.43. The summed E-state index contributed by atoms with van der Waals surface area (Å²) in [5, 5.41) is 12.5. The molecule has 23 heavy (non-hydrogen) atoms. The number of ether oxygens (including phenoxy) is 1. The maximum atomic E-state index is 12.2. The van der Waals surface area contributed by atoms with Crippen LogP contribution in [0.25, 0.3) is 0 Å². The van der Waals surface area contributed by atoms with Gasteiger partial charge in [0.15, 0.2) is 0 Å². The number of carbonyl (C=O) groups is 1. The molecule has 0 atom stereocenters. The van der Waals surface area contributed by atoms with E-state index in [0.29, 0.717) is 24.5 Å². The Hall–Kier alpha value is -2.60. The van der Waals surface area contributed by atoms with Crippen molar-refractivity contribution in [1.29, 1.82) is 0 Å². The van der Waals surface area contributed by atoms with Gasteiger partial charge in [-0.25, -0.2) is 4.98 Å². The lowest BCUT2D eigenvalue weighted by Gasteiger charge is -2.27. The van der Waals surface area contributed by atoms with Crippen LogP contribution < -0.4 is 10.2 Å². The van der Waals surface area contributed by atoms with E-state index < -0.39 is 0 Å². The van der Waals surface area contributed by atoms with Crippen LogP contribution in [0.3, 0.4) is 0 Å². The highest BCUT2D eigenvalue weighted by molar-refractivity contribution is 6.04. The molecule has 0 radical (unpaired) electrons. The van der Waals surface area contributed by atoms with Gasteiger partial charge in [0.05, 0.1) is 24.5 Å². The second-order valence-electron chi connectivity index (χ2n) is 5.48. The molecule has 1 aliphatic heterocycles. The summed E-state index contributed by atoms with van der Waals surface area (Å²) in [5.74, 6) is 0.587. The molecule has 1 amide bonds. The van der Waals surface area contributed by atoms with E-state index in [1.807, 2.05) is 19.1 Å². The minimum atomic E-state index is -0.301. The number of morpholine rings is 1. The molecule has 0 saturated carbocycles. The van der Waals surface area contributed by atoms with Gasteiger partial charge < -0.3 is 20.1 Å². The monoisotopic (exact) mass is 313 g/mol. The van der Waals surface area contributed by atoms with Crippen molar-refractivity contribution in [1.82, 2.24) is 4.98 Å². The molecule has 1 saturated heterocycles. The summed E-state index contributed by atoms with van der Waals surface area (Å²) in [6.07, 6.45) is 1.55. The lowest BCUT2D eigenvalue weighted by Crippen LogP contribution is -2.36. The summed E-state index contributed by atoms with van der Waals surface area (Å²) in [6.45, 7) is 4.86. The first-order chi connectivity index (χ1) is 11.1. The molecule has 3 rings (SSSR count). The number of hydrogen-bond acceptors (Lipinski definition) is 5. The molecule has 2 N–H and O–H groups in total. The number of nitrogens with one attached hydrogen (secondary N) is 1. The minimum absolute atomic E-state index is 0.0521. The normalized spacial score (nSPS) is 14.6. The topological polar surface area (TPSA) is 74.7 Å². The van der Waals surface area contributed by atoms with Gasteiger partial charge in [0.1, 0.15) is 11.6 Å². The van der Waals surface area contributed by atoms with Crippen LogP contribution in [-0.2, 0) is 4.74 Å². The highest BCUT2D eigenvalue weighted by atomic mass is 16.5. The van der Waals surface area contributed by atoms with Gasteiger partial charge in [-0.15, -0.1) is 0 Å². The second kappa shape index (κ2) is 6.66. The summed E-state index contributed by atoms with van der Waals surface area (Å²) in [6, 6.07) is 8.68. The number of carbonyl (C=O) groups excluding carboxylic acids is 1. The van der Waals surface area contributed by atoms with Crippen molar-refractivity contribution < 1.29 is 14.6 Å². The van der Waals surface area contributed by atoms with Gasteiger partial charge in [0, 0.05) is 19.3 Å². The van der Waals surface area contributed by atoms with E-state index in [2.05, 4.69) is 15.2 Å². The molecule has 1 fully saturated rings. The van der Waals surface area contributed by atoms with Crippen LogP contribution >= 0.6 is 0 Å². The number of aromatic nitrogens is 1. The zero-order chi connectivity index (χ0) is 16.2. The fraction of sp³-hybridized carbons (Fsp3) is 0.294. The molecule has 0 spiro atoms. The van der Waals surface area contributed by atoms with Crippen molar-refractivity contribution in [3.63, 3.8) is 0 Å². The van der Waals surface area contributed by atoms with Crippen molar-refractivity contribution in [3.8, 4) is 5.75 Å². The van der Waals surface area contributed by atoms with Crippen molar-refractivity contribution in [2.24, 2.45) is 0 Å². The molecular weight excluding hydrogens is 294 g/mol. The molecular formula is C17H19N3O3. The number of rotatable bonds is 3. The van der Waals surface area contributed by atoms with E-state index >= 15 is 0 Å². The standard InChI is InChI=1S/C17H19N3O3/c1-12-2-4-14(15(21)10-12)19-17(22)13-3-5-16(18-11-13)20-6-8-23-9-7-20/h2-5,10-11,21H,6-9H2,1H3,(H,19,22). The number of phenols is 1. The quantitative estimate of drug-likeness (QED) is 0.850. The van der Waals surface area contributed by atoms with Crippen LogP contribution in [0.15, 0.2) is 36.5 Å². The smallest absolute Gasteiger partial charge is 0.257 e. The molecule has 0 unspecified atom stereocenters. The first-order valence-corrected chi connectivity index (χ1v) is 7.53. The molecule has 6 nitrogen and oxygen atoms in total. The number of aromatic hydroxyl groups is 1. The Labute approximate surface area is 134 Å². The Balaban J connectivity index is 1.69. The number of nitrogens with zero attached hydrogens (tertiary/aromatic N) is 2. The van der Waals surface area contributed by atoms with Crippen LogP contribution in [0.1, 0.15) is 15.9 Å². The fourth-order valence-electron chi connectivity index (χ4n) is 2.44. The number of anilines is 2. The van der Waals surface area contributed by atoms with Gasteiger partial charge in [-0.2, -0.15) is 0 Å². The summed E-state index contributed by atoms with van der Waals surface area (Å²) in [4.78, 5) is 18.7. The van der Waals surface area contributed by atoms with Crippen molar-refractivity contribution in [3.05, 3.63) is 47.7 Å². The van der Waals surface area contributed by atoms with Crippen molar-refractivity contribution in [2.45, 2.75) is 6.92 Å². The zero-order valence-electron chi connectivity index (χ0n) is 13.0. The van der Waals surface area contributed by atoms with Crippen molar-refractivity contribution >= 4 is 17.4 Å². The van der Waals surface area contributed by atoms with Crippen LogP contribution in [0.5, 0.6) is 5.75 Å². The molecule has 2 heterocycles. The summed E-state index contributed by atoms with van der Waals surface area (Å²) < 4.78 is 5.31. The van der Waals surface area contributed by atoms with E-state index in [-0.39, 0.29) is 11.7 Å². The van der Waals surface area contributed by atoms with Gasteiger partial charge in [-0.1, -0.05) is 6.07 Å². The molecule has 1 aromatic heterocycles. The average Bonchev–Trinajstić information content (AvgIpc) is 2.58. The maximum Gasteiger partial charge on any atom is 0.257 e. The number of amides is 1. The van der Waals surface area contributed by atoms with E-state index in [4.69, 9.17) is 4.74 Å². The summed E-state index contributed by atoms with van der Waals surface area (Å²) >= 11 is 0. The lowest BCUT2D eigenvalue weighted by atomic mass is 10.2. The predicted molar refractivity (Wildman–Crippen MR) is 88.1 cm³/mol. The number of benzene rings is 1. The third-order valence-electron chi connectivity index (χ3n) is 3.75. The highest BCUT2D eigenvalue weighted by Gasteiger charge is 2.14. The predicted octanol–water partition coefficient (Wildman–Crippen LogP) is 2.18. The fourth-order valence-corrected chi connectivity index (χ4v) is 2.44. The molecule has 0 bridgehead atoms. The average molecular weight is 313 g/mol. The molecule has 0 aliphatic carbocycles. The third-order valence-corrected chi connectivity index (χ3v) is 3.75. The first kappa shape index (κ1) is 15.3.